The summed E-state index contributed by atoms with van der Waals surface area (Å²) in [6.07, 6.45) is -0.786. The van der Waals surface area contributed by atoms with E-state index in [2.05, 4.69) is 10.3 Å². The third-order valence-electron chi connectivity index (χ3n) is 3.55. The fourth-order valence-electron chi connectivity index (χ4n) is 2.18. The van der Waals surface area contributed by atoms with Crippen LogP contribution in [0.1, 0.15) is 13.8 Å². The SMILES string of the molecule is CCOC(=O)C(C)Oc1ccc(S(=O)(=O)c2ccc(N=NN(C)C)cc2)cc1. The van der Waals surface area contributed by atoms with Gasteiger partial charge < -0.3 is 9.47 Å². The number of carbonyl (C=O) groups is 1. The molecule has 2 aromatic rings. The molecular weight excluding hydrogens is 382 g/mol. The van der Waals surface area contributed by atoms with Gasteiger partial charge in [-0.3, -0.25) is 5.01 Å². The van der Waals surface area contributed by atoms with Crippen LogP contribution in [0.2, 0.25) is 0 Å². The molecule has 0 aliphatic rings. The lowest BCUT2D eigenvalue weighted by molar-refractivity contribution is -0.150. The Balaban J connectivity index is 2.14. The molecule has 0 saturated carbocycles. The summed E-state index contributed by atoms with van der Waals surface area (Å²) < 4.78 is 35.9. The molecule has 0 aromatic heterocycles. The molecular formula is C19H23N3O5S. The van der Waals surface area contributed by atoms with Gasteiger partial charge in [0.2, 0.25) is 9.84 Å². The summed E-state index contributed by atoms with van der Waals surface area (Å²) in [5, 5.41) is 9.37. The minimum atomic E-state index is -3.69. The Bertz CT molecular complexity index is 923. The zero-order chi connectivity index (χ0) is 20.7. The van der Waals surface area contributed by atoms with Gasteiger partial charge in [0.05, 0.1) is 22.1 Å². The lowest BCUT2D eigenvalue weighted by atomic mass is 10.3. The molecule has 0 heterocycles. The lowest BCUT2D eigenvalue weighted by Crippen LogP contribution is -2.26. The van der Waals surface area contributed by atoms with Crippen LogP contribution < -0.4 is 4.74 Å². The van der Waals surface area contributed by atoms with E-state index >= 15 is 0 Å². The van der Waals surface area contributed by atoms with E-state index in [0.717, 1.165) is 0 Å². The second-order valence-corrected chi connectivity index (χ2v) is 7.97. The highest BCUT2D eigenvalue weighted by Gasteiger charge is 2.19. The Morgan fingerprint density at radius 1 is 1.04 bits per heavy atom. The summed E-state index contributed by atoms with van der Waals surface area (Å²) in [7, 11) is -0.209. The Kier molecular flexibility index (Phi) is 7.11. The summed E-state index contributed by atoms with van der Waals surface area (Å²) in [5.41, 5.74) is 0.546. The van der Waals surface area contributed by atoms with Crippen LogP contribution in [0.5, 0.6) is 5.75 Å². The summed E-state index contributed by atoms with van der Waals surface area (Å²) in [6.45, 7) is 3.54. The molecule has 0 bridgehead atoms. The van der Waals surface area contributed by atoms with Gasteiger partial charge in [-0.05, 0) is 62.4 Å². The van der Waals surface area contributed by atoms with Gasteiger partial charge in [0, 0.05) is 14.1 Å². The van der Waals surface area contributed by atoms with Crippen molar-refractivity contribution < 1.29 is 22.7 Å². The predicted molar refractivity (Wildman–Crippen MR) is 103 cm³/mol. The molecule has 0 radical (unpaired) electrons. The van der Waals surface area contributed by atoms with Gasteiger partial charge in [-0.1, -0.05) is 5.22 Å². The summed E-state index contributed by atoms with van der Waals surface area (Å²) in [6, 6.07) is 12.0. The van der Waals surface area contributed by atoms with Crippen LogP contribution >= 0.6 is 0 Å². The van der Waals surface area contributed by atoms with E-state index in [1.165, 1.54) is 41.4 Å². The molecule has 0 N–H and O–H groups in total. The monoisotopic (exact) mass is 405 g/mol. The molecule has 2 aromatic carbocycles. The molecule has 0 aliphatic heterocycles. The topological polar surface area (TPSA) is 97.6 Å². The molecule has 0 spiro atoms. The first-order valence-corrected chi connectivity index (χ1v) is 10.1. The number of rotatable bonds is 8. The Morgan fingerprint density at radius 2 is 1.57 bits per heavy atom. The van der Waals surface area contributed by atoms with Crippen LogP contribution in [0.25, 0.3) is 0 Å². The standard InChI is InChI=1S/C19H23N3O5S/c1-5-26-19(23)14(2)27-16-8-12-18(13-9-16)28(24,25)17-10-6-15(7-11-17)20-21-22(3)4/h6-14H,5H2,1-4H3. The molecule has 28 heavy (non-hydrogen) atoms. The van der Waals surface area contributed by atoms with Gasteiger partial charge >= 0.3 is 5.97 Å². The van der Waals surface area contributed by atoms with E-state index in [1.54, 1.807) is 40.1 Å². The maximum Gasteiger partial charge on any atom is 0.347 e. The number of esters is 1. The van der Waals surface area contributed by atoms with Crippen molar-refractivity contribution in [2.75, 3.05) is 20.7 Å². The van der Waals surface area contributed by atoms with Crippen molar-refractivity contribution >= 4 is 21.5 Å². The number of ether oxygens (including phenoxy) is 2. The Hall–Kier alpha value is -2.94. The van der Waals surface area contributed by atoms with Crippen molar-refractivity contribution in [2.45, 2.75) is 29.7 Å². The van der Waals surface area contributed by atoms with E-state index in [0.29, 0.717) is 11.4 Å². The molecule has 1 unspecified atom stereocenters. The summed E-state index contributed by atoms with van der Waals surface area (Å²) in [4.78, 5) is 11.9. The van der Waals surface area contributed by atoms with Crippen LogP contribution in [0.3, 0.4) is 0 Å². The third-order valence-corrected chi connectivity index (χ3v) is 5.34. The first-order chi connectivity index (χ1) is 13.2. The fourth-order valence-corrected chi connectivity index (χ4v) is 3.44. The molecule has 1 atom stereocenters. The fraction of sp³-hybridized carbons (Fsp3) is 0.316. The van der Waals surface area contributed by atoms with Crippen molar-refractivity contribution in [3.8, 4) is 5.75 Å². The van der Waals surface area contributed by atoms with Gasteiger partial charge in [-0.15, -0.1) is 5.11 Å². The van der Waals surface area contributed by atoms with E-state index in [4.69, 9.17) is 9.47 Å². The van der Waals surface area contributed by atoms with Gasteiger partial charge in [-0.2, -0.15) is 0 Å². The number of nitrogens with zero attached hydrogens (tertiary/aromatic N) is 3. The van der Waals surface area contributed by atoms with Gasteiger partial charge in [0.15, 0.2) is 6.10 Å². The molecule has 0 amide bonds. The van der Waals surface area contributed by atoms with Crippen molar-refractivity contribution in [1.82, 2.24) is 5.01 Å². The molecule has 0 fully saturated rings. The third kappa shape index (κ3) is 5.53. The molecule has 9 heteroatoms. The van der Waals surface area contributed by atoms with Gasteiger partial charge in [0.1, 0.15) is 5.75 Å². The second-order valence-electron chi connectivity index (χ2n) is 6.02. The van der Waals surface area contributed by atoms with Crippen molar-refractivity contribution in [2.24, 2.45) is 10.3 Å². The minimum absolute atomic E-state index is 0.117. The highest BCUT2D eigenvalue weighted by atomic mass is 32.2. The summed E-state index contributed by atoms with van der Waals surface area (Å²) >= 11 is 0. The highest BCUT2D eigenvalue weighted by Crippen LogP contribution is 2.25. The molecule has 8 nitrogen and oxygen atoms in total. The number of benzene rings is 2. The Morgan fingerprint density at radius 3 is 2.07 bits per heavy atom. The number of carbonyl (C=O) groups excluding carboxylic acids is 1. The average Bonchev–Trinajstić information content (AvgIpc) is 2.67. The second kappa shape index (κ2) is 9.32. The minimum Gasteiger partial charge on any atom is -0.479 e. The number of sulfone groups is 1. The van der Waals surface area contributed by atoms with Crippen molar-refractivity contribution in [3.63, 3.8) is 0 Å². The van der Waals surface area contributed by atoms with Gasteiger partial charge in [0.25, 0.3) is 0 Å². The van der Waals surface area contributed by atoms with Crippen LogP contribution in [0.15, 0.2) is 68.7 Å². The molecule has 150 valence electrons. The van der Waals surface area contributed by atoms with E-state index in [9.17, 15) is 13.2 Å². The lowest BCUT2D eigenvalue weighted by Gasteiger charge is -2.13. The highest BCUT2D eigenvalue weighted by molar-refractivity contribution is 7.91. The molecule has 0 saturated heterocycles. The van der Waals surface area contributed by atoms with Crippen molar-refractivity contribution in [3.05, 3.63) is 48.5 Å². The largest absolute Gasteiger partial charge is 0.479 e. The van der Waals surface area contributed by atoms with Gasteiger partial charge in [-0.25, -0.2) is 13.2 Å². The predicted octanol–water partition coefficient (Wildman–Crippen LogP) is 3.41. The molecule has 2 rings (SSSR count). The van der Waals surface area contributed by atoms with Crippen LogP contribution in [0, 0.1) is 0 Å². The van der Waals surface area contributed by atoms with Crippen LogP contribution in [-0.2, 0) is 19.4 Å². The van der Waals surface area contributed by atoms with E-state index in [1.807, 2.05) is 0 Å². The average molecular weight is 405 g/mol. The zero-order valence-corrected chi connectivity index (χ0v) is 17.0. The smallest absolute Gasteiger partial charge is 0.347 e. The normalized spacial score (nSPS) is 12.6. The maximum absolute atomic E-state index is 12.8. The first kappa shape index (κ1) is 21.4. The number of hydrogen-bond acceptors (Lipinski definition) is 7. The van der Waals surface area contributed by atoms with Crippen LogP contribution in [-0.4, -0.2) is 46.2 Å². The van der Waals surface area contributed by atoms with Crippen LogP contribution in [0.4, 0.5) is 5.69 Å². The van der Waals surface area contributed by atoms with Crippen molar-refractivity contribution in [1.29, 1.82) is 0 Å². The zero-order valence-electron chi connectivity index (χ0n) is 16.2. The maximum atomic E-state index is 12.8. The first-order valence-electron chi connectivity index (χ1n) is 8.61. The number of hydrogen-bond donors (Lipinski definition) is 0. The quantitative estimate of drug-likeness (QED) is 0.379. The van der Waals surface area contributed by atoms with E-state index in [-0.39, 0.29) is 16.4 Å². The Labute approximate surface area is 164 Å². The molecule has 0 aliphatic carbocycles. The van der Waals surface area contributed by atoms with E-state index < -0.39 is 21.9 Å². The summed E-state index contributed by atoms with van der Waals surface area (Å²) in [5.74, 6) is -0.107.